The van der Waals surface area contributed by atoms with Crippen molar-refractivity contribution in [1.82, 2.24) is 10.6 Å². The summed E-state index contributed by atoms with van der Waals surface area (Å²) in [6, 6.07) is 7.30. The summed E-state index contributed by atoms with van der Waals surface area (Å²) in [5.41, 5.74) is 1.15. The normalized spacial score (nSPS) is 28.2. The van der Waals surface area contributed by atoms with Gasteiger partial charge in [-0.15, -0.1) is 0 Å². The van der Waals surface area contributed by atoms with Gasteiger partial charge in [-0.1, -0.05) is 6.07 Å². The highest BCUT2D eigenvalue weighted by Crippen LogP contribution is 2.28. The van der Waals surface area contributed by atoms with Gasteiger partial charge in [0.1, 0.15) is 5.75 Å². The minimum absolute atomic E-state index is 0.0289. The molecule has 2 bridgehead atoms. The zero-order valence-electron chi connectivity index (χ0n) is 13.1. The molecular formula is C17H23BrN2O2. The fourth-order valence-corrected chi connectivity index (χ4v) is 4.03. The first-order valence-electron chi connectivity index (χ1n) is 8.00. The van der Waals surface area contributed by atoms with Crippen LogP contribution in [0, 0.1) is 6.92 Å². The van der Waals surface area contributed by atoms with Gasteiger partial charge in [-0.05, 0) is 73.2 Å². The van der Waals surface area contributed by atoms with Crippen LogP contribution >= 0.6 is 15.9 Å². The summed E-state index contributed by atoms with van der Waals surface area (Å²) in [4.78, 5) is 12.4. The number of fused-ring (bicyclic) bond motifs is 2. The van der Waals surface area contributed by atoms with Crippen LogP contribution in [0.1, 0.15) is 38.2 Å². The Bertz CT molecular complexity index is 552. The molecule has 2 fully saturated rings. The third-order valence-electron chi connectivity index (χ3n) is 4.58. The number of rotatable bonds is 4. The van der Waals surface area contributed by atoms with E-state index in [2.05, 4.69) is 26.6 Å². The Morgan fingerprint density at radius 1 is 1.36 bits per heavy atom. The highest BCUT2D eigenvalue weighted by Gasteiger charge is 2.34. The molecular weight excluding hydrogens is 344 g/mol. The number of ether oxygens (including phenoxy) is 1. The number of amides is 1. The molecule has 3 unspecified atom stereocenters. The molecule has 2 aliphatic rings. The summed E-state index contributed by atoms with van der Waals surface area (Å²) in [6.07, 6.45) is 4.04. The van der Waals surface area contributed by atoms with Gasteiger partial charge in [0.25, 0.3) is 5.91 Å². The van der Waals surface area contributed by atoms with Crippen LogP contribution in [0.5, 0.6) is 5.75 Å². The van der Waals surface area contributed by atoms with Gasteiger partial charge in [0.2, 0.25) is 0 Å². The summed E-state index contributed by atoms with van der Waals surface area (Å²) >= 11 is 3.48. The standard InChI is InChI=1S/C17H23BrN2O2/c1-10-3-6-16(15(18)7-10)22-11(2)17(21)20-14-8-12-4-5-13(9-14)19-12/h3,6-7,11-14,19H,4-5,8-9H2,1-2H3,(H,20,21). The van der Waals surface area contributed by atoms with E-state index < -0.39 is 6.10 Å². The number of piperidine rings is 1. The van der Waals surface area contributed by atoms with Crippen molar-refractivity contribution in [2.75, 3.05) is 0 Å². The predicted molar refractivity (Wildman–Crippen MR) is 90.1 cm³/mol. The topological polar surface area (TPSA) is 50.4 Å². The lowest BCUT2D eigenvalue weighted by atomic mass is 9.99. The zero-order valence-corrected chi connectivity index (χ0v) is 14.7. The number of carbonyl (C=O) groups excluding carboxylic acids is 1. The summed E-state index contributed by atoms with van der Waals surface area (Å²) < 4.78 is 6.68. The molecule has 1 amide bonds. The average molecular weight is 367 g/mol. The van der Waals surface area contributed by atoms with Crippen LogP contribution in [0.3, 0.4) is 0 Å². The monoisotopic (exact) mass is 366 g/mol. The molecule has 3 rings (SSSR count). The average Bonchev–Trinajstić information content (AvgIpc) is 2.81. The highest BCUT2D eigenvalue weighted by atomic mass is 79.9. The molecule has 22 heavy (non-hydrogen) atoms. The van der Waals surface area contributed by atoms with E-state index >= 15 is 0 Å². The quantitative estimate of drug-likeness (QED) is 0.861. The van der Waals surface area contributed by atoms with E-state index in [9.17, 15) is 4.79 Å². The van der Waals surface area contributed by atoms with E-state index in [1.165, 1.54) is 12.8 Å². The molecule has 120 valence electrons. The van der Waals surface area contributed by atoms with Crippen molar-refractivity contribution in [2.45, 2.75) is 63.8 Å². The first kappa shape index (κ1) is 15.8. The van der Waals surface area contributed by atoms with Crippen molar-refractivity contribution in [3.8, 4) is 5.75 Å². The van der Waals surface area contributed by atoms with Gasteiger partial charge in [-0.25, -0.2) is 0 Å². The third-order valence-corrected chi connectivity index (χ3v) is 5.20. The van der Waals surface area contributed by atoms with Gasteiger partial charge in [0.05, 0.1) is 4.47 Å². The summed E-state index contributed by atoms with van der Waals surface area (Å²) in [6.45, 7) is 3.83. The molecule has 0 aromatic heterocycles. The van der Waals surface area contributed by atoms with Crippen molar-refractivity contribution in [3.63, 3.8) is 0 Å². The number of aryl methyl sites for hydroxylation is 1. The largest absolute Gasteiger partial charge is 0.480 e. The molecule has 4 nitrogen and oxygen atoms in total. The smallest absolute Gasteiger partial charge is 0.260 e. The van der Waals surface area contributed by atoms with Crippen LogP contribution in [-0.4, -0.2) is 30.1 Å². The maximum atomic E-state index is 12.4. The van der Waals surface area contributed by atoms with Gasteiger partial charge in [-0.3, -0.25) is 4.79 Å². The van der Waals surface area contributed by atoms with E-state index in [1.54, 1.807) is 6.92 Å². The van der Waals surface area contributed by atoms with E-state index in [4.69, 9.17) is 4.74 Å². The molecule has 2 aliphatic heterocycles. The van der Waals surface area contributed by atoms with Gasteiger partial charge < -0.3 is 15.4 Å². The third kappa shape index (κ3) is 3.63. The van der Waals surface area contributed by atoms with Crippen molar-refractivity contribution in [1.29, 1.82) is 0 Å². The van der Waals surface area contributed by atoms with Crippen molar-refractivity contribution < 1.29 is 9.53 Å². The first-order chi connectivity index (χ1) is 10.5. The van der Waals surface area contributed by atoms with Gasteiger partial charge in [0, 0.05) is 18.1 Å². The number of benzene rings is 1. The van der Waals surface area contributed by atoms with Crippen LogP contribution in [0.4, 0.5) is 0 Å². The molecule has 0 spiro atoms. The predicted octanol–water partition coefficient (Wildman–Crippen LogP) is 2.92. The number of nitrogens with one attached hydrogen (secondary N) is 2. The van der Waals surface area contributed by atoms with E-state index in [1.807, 2.05) is 25.1 Å². The molecule has 1 aromatic carbocycles. The SMILES string of the molecule is Cc1ccc(OC(C)C(=O)NC2CC3CCC(C2)N3)c(Br)c1. The maximum absolute atomic E-state index is 12.4. The summed E-state index contributed by atoms with van der Waals surface area (Å²) in [5.74, 6) is 0.678. The molecule has 2 saturated heterocycles. The van der Waals surface area contributed by atoms with Crippen LogP contribution in [0.2, 0.25) is 0 Å². The fraction of sp³-hybridized carbons (Fsp3) is 0.588. The maximum Gasteiger partial charge on any atom is 0.260 e. The number of halogens is 1. The number of hydrogen-bond acceptors (Lipinski definition) is 3. The Hall–Kier alpha value is -1.07. The second-order valence-electron chi connectivity index (χ2n) is 6.51. The molecule has 1 aromatic rings. The van der Waals surface area contributed by atoms with Crippen LogP contribution in [0.15, 0.2) is 22.7 Å². The van der Waals surface area contributed by atoms with Crippen molar-refractivity contribution in [3.05, 3.63) is 28.2 Å². The molecule has 2 N–H and O–H groups in total. The Balaban J connectivity index is 1.55. The lowest BCUT2D eigenvalue weighted by Gasteiger charge is -2.30. The Labute approximate surface area is 140 Å². The molecule has 3 atom stereocenters. The lowest BCUT2D eigenvalue weighted by molar-refractivity contribution is -0.128. The molecule has 5 heteroatoms. The van der Waals surface area contributed by atoms with E-state index in [0.29, 0.717) is 17.8 Å². The molecule has 2 heterocycles. The fourth-order valence-electron chi connectivity index (χ4n) is 3.44. The Morgan fingerprint density at radius 3 is 2.68 bits per heavy atom. The lowest BCUT2D eigenvalue weighted by Crippen LogP contribution is -2.50. The Morgan fingerprint density at radius 2 is 2.05 bits per heavy atom. The van der Waals surface area contributed by atoms with Crippen molar-refractivity contribution >= 4 is 21.8 Å². The van der Waals surface area contributed by atoms with Gasteiger partial charge >= 0.3 is 0 Å². The molecule has 0 radical (unpaired) electrons. The minimum Gasteiger partial charge on any atom is -0.480 e. The number of hydrogen-bond donors (Lipinski definition) is 2. The first-order valence-corrected chi connectivity index (χ1v) is 8.80. The summed E-state index contributed by atoms with van der Waals surface area (Å²) in [5, 5.41) is 6.74. The highest BCUT2D eigenvalue weighted by molar-refractivity contribution is 9.10. The van der Waals surface area contributed by atoms with Crippen molar-refractivity contribution in [2.24, 2.45) is 0 Å². The second kappa shape index (κ2) is 6.59. The summed E-state index contributed by atoms with van der Waals surface area (Å²) in [7, 11) is 0. The van der Waals surface area contributed by atoms with Gasteiger partial charge in [-0.2, -0.15) is 0 Å². The second-order valence-corrected chi connectivity index (χ2v) is 7.36. The van der Waals surface area contributed by atoms with Crippen LogP contribution in [0.25, 0.3) is 0 Å². The van der Waals surface area contributed by atoms with E-state index in [-0.39, 0.29) is 11.9 Å². The van der Waals surface area contributed by atoms with E-state index in [0.717, 1.165) is 22.9 Å². The molecule has 0 aliphatic carbocycles. The Kier molecular flexibility index (Phi) is 4.73. The minimum atomic E-state index is -0.494. The molecule has 0 saturated carbocycles. The van der Waals surface area contributed by atoms with Gasteiger partial charge in [0.15, 0.2) is 6.10 Å². The van der Waals surface area contributed by atoms with Crippen LogP contribution in [-0.2, 0) is 4.79 Å². The van der Waals surface area contributed by atoms with Crippen LogP contribution < -0.4 is 15.4 Å². The number of carbonyl (C=O) groups is 1. The zero-order chi connectivity index (χ0) is 15.7.